The second-order valence-electron chi connectivity index (χ2n) is 6.33. The number of rotatable bonds is 7. The molecule has 0 unspecified atom stereocenters. The molecule has 0 aliphatic rings. The van der Waals surface area contributed by atoms with Gasteiger partial charge in [0.05, 0.1) is 26.9 Å². The third-order valence-electron chi connectivity index (χ3n) is 4.09. The van der Waals surface area contributed by atoms with Crippen molar-refractivity contribution in [2.75, 3.05) is 17.7 Å². The monoisotopic (exact) mass is 469 g/mol. The summed E-state index contributed by atoms with van der Waals surface area (Å²) in [4.78, 5) is 36.0. The van der Waals surface area contributed by atoms with E-state index in [0.29, 0.717) is 32.6 Å². The lowest BCUT2D eigenvalue weighted by Crippen LogP contribution is -2.22. The molecule has 0 saturated heterocycles. The van der Waals surface area contributed by atoms with Gasteiger partial charge in [-0.3, -0.25) is 19.7 Å². The molecule has 0 radical (unpaired) electrons. The Bertz CT molecular complexity index is 1170. The number of hydrogen-bond acceptors (Lipinski definition) is 7. The fraction of sp³-hybridized carbons (Fsp3) is 0.263. The molecule has 0 aliphatic carbocycles. The molecule has 0 aliphatic heterocycles. The molecule has 30 heavy (non-hydrogen) atoms. The third kappa shape index (κ3) is 5.16. The standard InChI is InChI=1S/C19H17Cl2N3O5S/c1-9-16-10(2)29-19(17(16)18(27)24-23-9)22-14(25)6-28-15(26)8-30-7-11-3-4-12(20)13(21)5-11/h3-5H,6-8H2,1-2H3,(H,22,25)(H,24,27). The Hall–Kier alpha value is -2.49. The van der Waals surface area contributed by atoms with Crippen LogP contribution in [0.15, 0.2) is 27.4 Å². The van der Waals surface area contributed by atoms with E-state index in [1.165, 1.54) is 11.8 Å². The fourth-order valence-electron chi connectivity index (χ4n) is 2.76. The number of ether oxygens (including phenoxy) is 1. The summed E-state index contributed by atoms with van der Waals surface area (Å²) in [6, 6.07) is 5.23. The van der Waals surface area contributed by atoms with Gasteiger partial charge >= 0.3 is 5.97 Å². The van der Waals surface area contributed by atoms with Crippen LogP contribution >= 0.6 is 35.0 Å². The Balaban J connectivity index is 1.50. The van der Waals surface area contributed by atoms with Crippen molar-refractivity contribution in [1.82, 2.24) is 10.2 Å². The molecule has 2 heterocycles. The van der Waals surface area contributed by atoms with Crippen LogP contribution in [-0.2, 0) is 20.1 Å². The Labute approximate surface area is 185 Å². The molecular formula is C19H17Cl2N3O5S. The van der Waals surface area contributed by atoms with E-state index in [0.717, 1.165) is 5.56 Å². The maximum absolute atomic E-state index is 12.1. The maximum Gasteiger partial charge on any atom is 0.316 e. The number of aromatic nitrogens is 2. The number of H-pyrrole nitrogens is 1. The van der Waals surface area contributed by atoms with Crippen LogP contribution in [0.3, 0.4) is 0 Å². The minimum atomic E-state index is -0.623. The molecule has 0 bridgehead atoms. The predicted molar refractivity (Wildman–Crippen MR) is 116 cm³/mol. The van der Waals surface area contributed by atoms with Crippen LogP contribution in [0.1, 0.15) is 17.0 Å². The molecule has 11 heteroatoms. The van der Waals surface area contributed by atoms with Crippen molar-refractivity contribution < 1.29 is 18.7 Å². The van der Waals surface area contributed by atoms with Crippen molar-refractivity contribution in [1.29, 1.82) is 0 Å². The normalized spacial score (nSPS) is 10.9. The summed E-state index contributed by atoms with van der Waals surface area (Å²) in [5.74, 6) is -0.139. The molecule has 0 saturated carbocycles. The van der Waals surface area contributed by atoms with Crippen LogP contribution < -0.4 is 10.9 Å². The number of esters is 1. The molecule has 0 atom stereocenters. The SMILES string of the molecule is Cc1n[nH]c(=O)c2c(NC(=O)COC(=O)CSCc3ccc(Cl)c(Cl)c3)oc(C)c12. The van der Waals surface area contributed by atoms with Crippen molar-refractivity contribution >= 4 is 63.5 Å². The van der Waals surface area contributed by atoms with E-state index in [4.69, 9.17) is 32.4 Å². The maximum atomic E-state index is 12.1. The van der Waals surface area contributed by atoms with Gasteiger partial charge in [0, 0.05) is 5.75 Å². The first-order valence-corrected chi connectivity index (χ1v) is 10.6. The molecule has 3 aromatic rings. The lowest BCUT2D eigenvalue weighted by Gasteiger charge is -2.06. The van der Waals surface area contributed by atoms with Gasteiger partial charge in [-0.15, -0.1) is 11.8 Å². The molecular weight excluding hydrogens is 453 g/mol. The zero-order valence-corrected chi connectivity index (χ0v) is 18.3. The van der Waals surface area contributed by atoms with Crippen molar-refractivity contribution in [3.63, 3.8) is 0 Å². The third-order valence-corrected chi connectivity index (χ3v) is 5.80. The molecule has 0 fully saturated rings. The minimum absolute atomic E-state index is 0.00992. The number of nitrogens with zero attached hydrogens (tertiary/aromatic N) is 1. The Morgan fingerprint density at radius 2 is 2.00 bits per heavy atom. The summed E-state index contributed by atoms with van der Waals surface area (Å²) in [5.41, 5.74) is 0.991. The number of carbonyl (C=O) groups excluding carboxylic acids is 2. The number of amides is 1. The summed E-state index contributed by atoms with van der Waals surface area (Å²) < 4.78 is 10.5. The first-order chi connectivity index (χ1) is 14.3. The van der Waals surface area contributed by atoms with Gasteiger partial charge in [0.1, 0.15) is 11.1 Å². The molecule has 1 amide bonds. The first kappa shape index (κ1) is 22.2. The van der Waals surface area contributed by atoms with E-state index in [1.54, 1.807) is 26.0 Å². The highest BCUT2D eigenvalue weighted by Crippen LogP contribution is 2.28. The van der Waals surface area contributed by atoms with Gasteiger partial charge in [0.15, 0.2) is 6.61 Å². The quantitative estimate of drug-likeness (QED) is 0.504. The van der Waals surface area contributed by atoms with Crippen LogP contribution in [0.5, 0.6) is 0 Å². The highest BCUT2D eigenvalue weighted by molar-refractivity contribution is 7.99. The van der Waals surface area contributed by atoms with Gasteiger partial charge in [0.25, 0.3) is 11.5 Å². The molecule has 2 N–H and O–H groups in total. The minimum Gasteiger partial charge on any atom is -0.455 e. The van der Waals surface area contributed by atoms with Crippen molar-refractivity contribution in [3.8, 4) is 0 Å². The highest BCUT2D eigenvalue weighted by Gasteiger charge is 2.19. The second-order valence-corrected chi connectivity index (χ2v) is 8.13. The zero-order valence-electron chi connectivity index (χ0n) is 16.0. The van der Waals surface area contributed by atoms with Gasteiger partial charge in [-0.05, 0) is 31.5 Å². The smallest absolute Gasteiger partial charge is 0.316 e. The van der Waals surface area contributed by atoms with Gasteiger partial charge < -0.3 is 9.15 Å². The van der Waals surface area contributed by atoms with E-state index >= 15 is 0 Å². The second kappa shape index (κ2) is 9.55. The zero-order chi connectivity index (χ0) is 21.8. The number of nitrogens with one attached hydrogen (secondary N) is 2. The lowest BCUT2D eigenvalue weighted by atomic mass is 10.2. The lowest BCUT2D eigenvalue weighted by molar-refractivity contribution is -0.144. The van der Waals surface area contributed by atoms with E-state index < -0.39 is 24.0 Å². The Kier molecular flexibility index (Phi) is 7.06. The van der Waals surface area contributed by atoms with Gasteiger partial charge in [-0.25, -0.2) is 5.10 Å². The van der Waals surface area contributed by atoms with Gasteiger partial charge in [-0.2, -0.15) is 5.10 Å². The van der Waals surface area contributed by atoms with E-state index in [-0.39, 0.29) is 17.0 Å². The fourth-order valence-corrected chi connectivity index (χ4v) is 3.85. The number of carbonyl (C=O) groups is 2. The summed E-state index contributed by atoms with van der Waals surface area (Å²) >= 11 is 13.1. The number of halogens is 2. The summed E-state index contributed by atoms with van der Waals surface area (Å²) in [6.07, 6.45) is 0. The van der Waals surface area contributed by atoms with E-state index in [9.17, 15) is 14.4 Å². The van der Waals surface area contributed by atoms with E-state index in [1.807, 2.05) is 6.07 Å². The van der Waals surface area contributed by atoms with Crippen molar-refractivity contribution in [2.45, 2.75) is 19.6 Å². The average molecular weight is 470 g/mol. The molecule has 158 valence electrons. The predicted octanol–water partition coefficient (Wildman–Crippen LogP) is 3.85. The first-order valence-electron chi connectivity index (χ1n) is 8.71. The number of thioether (sulfide) groups is 1. The van der Waals surface area contributed by atoms with Crippen LogP contribution in [0.25, 0.3) is 10.8 Å². The summed E-state index contributed by atoms with van der Waals surface area (Å²) in [5, 5.41) is 10.3. The van der Waals surface area contributed by atoms with Crippen LogP contribution in [0.4, 0.5) is 5.88 Å². The molecule has 3 rings (SSSR count). The van der Waals surface area contributed by atoms with Crippen LogP contribution in [-0.4, -0.2) is 34.4 Å². The number of aryl methyl sites for hydroxylation is 2. The number of benzene rings is 1. The van der Waals surface area contributed by atoms with Gasteiger partial charge in [0.2, 0.25) is 5.88 Å². The number of aromatic amines is 1. The molecule has 2 aromatic heterocycles. The van der Waals surface area contributed by atoms with Crippen LogP contribution in [0, 0.1) is 13.8 Å². The number of fused-ring (bicyclic) bond motifs is 1. The van der Waals surface area contributed by atoms with Crippen LogP contribution in [0.2, 0.25) is 10.0 Å². The Morgan fingerprint density at radius 1 is 1.23 bits per heavy atom. The number of anilines is 1. The molecule has 1 aromatic carbocycles. The average Bonchev–Trinajstić information content (AvgIpc) is 3.03. The van der Waals surface area contributed by atoms with Crippen molar-refractivity contribution in [3.05, 3.63) is 55.6 Å². The summed E-state index contributed by atoms with van der Waals surface area (Å²) in [7, 11) is 0. The molecule has 8 nitrogen and oxygen atoms in total. The highest BCUT2D eigenvalue weighted by atomic mass is 35.5. The topological polar surface area (TPSA) is 114 Å². The number of hydrogen-bond donors (Lipinski definition) is 2. The van der Waals surface area contributed by atoms with E-state index in [2.05, 4.69) is 15.5 Å². The largest absolute Gasteiger partial charge is 0.455 e. The van der Waals surface area contributed by atoms with Gasteiger partial charge in [-0.1, -0.05) is 29.3 Å². The Morgan fingerprint density at radius 3 is 2.73 bits per heavy atom. The summed E-state index contributed by atoms with van der Waals surface area (Å²) in [6.45, 7) is 2.87. The number of furan rings is 1. The van der Waals surface area contributed by atoms with Crippen molar-refractivity contribution in [2.24, 2.45) is 0 Å². The molecule has 0 spiro atoms.